The fourth-order valence-corrected chi connectivity index (χ4v) is 1.36. The maximum absolute atomic E-state index is 13.4. The summed E-state index contributed by atoms with van der Waals surface area (Å²) in [6, 6.07) is 3.44. The van der Waals surface area contributed by atoms with Gasteiger partial charge in [0.05, 0.1) is 0 Å². The zero-order valence-electron chi connectivity index (χ0n) is 9.22. The van der Waals surface area contributed by atoms with E-state index in [0.29, 0.717) is 0 Å². The van der Waals surface area contributed by atoms with Crippen LogP contribution in [0.4, 0.5) is 4.39 Å². The summed E-state index contributed by atoms with van der Waals surface area (Å²) in [5.74, 6) is -1.89. The van der Waals surface area contributed by atoms with Gasteiger partial charge in [-0.1, -0.05) is 12.1 Å². The second-order valence-electron chi connectivity index (χ2n) is 4.12. The predicted octanol–water partition coefficient (Wildman–Crippen LogP) is -1.15. The smallest absolute Gasteiger partial charge is 0.480 e. The quantitative estimate of drug-likeness (QED) is 0.498. The number of hydrogen-bond acceptors (Lipinski definition) is 4. The number of halogens is 1. The van der Waals surface area contributed by atoms with Gasteiger partial charge in [-0.15, -0.1) is 0 Å². The second kappa shape index (κ2) is 4.83. The summed E-state index contributed by atoms with van der Waals surface area (Å²) >= 11 is 0. The highest BCUT2D eigenvalue weighted by Crippen LogP contribution is 2.13. The monoisotopic (exact) mass is 241 g/mol. The van der Waals surface area contributed by atoms with Crippen molar-refractivity contribution < 1.29 is 24.3 Å². The molecule has 0 aliphatic carbocycles. The van der Waals surface area contributed by atoms with E-state index in [0.717, 1.165) is 6.07 Å². The molecule has 0 amide bonds. The van der Waals surface area contributed by atoms with E-state index < -0.39 is 24.4 Å². The lowest BCUT2D eigenvalue weighted by Crippen LogP contribution is -2.47. The van der Waals surface area contributed by atoms with Crippen LogP contribution in [0.3, 0.4) is 0 Å². The number of carboxylic acid groups (broad SMARTS) is 1. The van der Waals surface area contributed by atoms with Crippen molar-refractivity contribution in [2.75, 3.05) is 0 Å². The molecule has 0 aliphatic heterocycles. The minimum absolute atomic E-state index is 0.0306. The van der Waals surface area contributed by atoms with Crippen molar-refractivity contribution in [3.63, 3.8) is 0 Å². The van der Waals surface area contributed by atoms with Gasteiger partial charge in [-0.05, 0) is 24.0 Å². The minimum Gasteiger partial charge on any atom is -0.480 e. The molecular formula is C10H13BFNO4. The molecule has 0 radical (unpaired) electrons. The van der Waals surface area contributed by atoms with Crippen LogP contribution < -0.4 is 11.2 Å². The van der Waals surface area contributed by atoms with E-state index in [1.54, 1.807) is 0 Å². The Kier molecular flexibility index (Phi) is 3.87. The number of carbonyl (C=O) groups is 1. The maximum Gasteiger partial charge on any atom is 0.488 e. The van der Waals surface area contributed by atoms with Gasteiger partial charge in [-0.25, -0.2) is 4.39 Å². The lowest BCUT2D eigenvalue weighted by Gasteiger charge is -2.19. The molecule has 0 unspecified atom stereocenters. The molecule has 0 fully saturated rings. The van der Waals surface area contributed by atoms with Crippen LogP contribution in [0.2, 0.25) is 0 Å². The third kappa shape index (κ3) is 3.26. The summed E-state index contributed by atoms with van der Waals surface area (Å²) in [7, 11) is -1.73. The van der Waals surface area contributed by atoms with Gasteiger partial charge in [-0.3, -0.25) is 4.79 Å². The van der Waals surface area contributed by atoms with Crippen molar-refractivity contribution in [1.29, 1.82) is 0 Å². The average molecular weight is 241 g/mol. The Morgan fingerprint density at radius 2 is 2.12 bits per heavy atom. The molecule has 0 spiro atoms. The van der Waals surface area contributed by atoms with Crippen molar-refractivity contribution in [2.45, 2.75) is 18.9 Å². The van der Waals surface area contributed by atoms with Crippen molar-refractivity contribution in [1.82, 2.24) is 0 Å². The molecule has 0 heterocycles. The molecule has 0 aliphatic rings. The topological polar surface area (TPSA) is 104 Å². The fourth-order valence-electron chi connectivity index (χ4n) is 1.36. The number of aliphatic carboxylic acids is 1. The molecule has 0 bridgehead atoms. The number of hydrogen-bond donors (Lipinski definition) is 4. The van der Waals surface area contributed by atoms with Gasteiger partial charge in [0.15, 0.2) is 0 Å². The highest BCUT2D eigenvalue weighted by Gasteiger charge is 2.29. The van der Waals surface area contributed by atoms with Crippen LogP contribution >= 0.6 is 0 Å². The Hall–Kier alpha value is -1.44. The molecule has 1 rings (SSSR count). The van der Waals surface area contributed by atoms with Gasteiger partial charge < -0.3 is 20.9 Å². The molecule has 0 saturated carbocycles. The number of rotatable bonds is 4. The van der Waals surface area contributed by atoms with E-state index in [-0.39, 0.29) is 17.4 Å². The van der Waals surface area contributed by atoms with Crippen LogP contribution in [-0.4, -0.2) is 33.8 Å². The summed E-state index contributed by atoms with van der Waals surface area (Å²) in [4.78, 5) is 10.8. The van der Waals surface area contributed by atoms with E-state index in [2.05, 4.69) is 0 Å². The molecule has 1 aromatic carbocycles. The van der Waals surface area contributed by atoms with Crippen molar-refractivity contribution >= 4 is 18.6 Å². The zero-order chi connectivity index (χ0) is 13.2. The molecule has 5 nitrogen and oxygen atoms in total. The molecule has 1 aromatic rings. The first kappa shape index (κ1) is 13.6. The van der Waals surface area contributed by atoms with E-state index in [4.69, 9.17) is 20.9 Å². The Labute approximate surface area is 97.8 Å². The fraction of sp³-hybridized carbons (Fsp3) is 0.300. The van der Waals surface area contributed by atoms with Crippen LogP contribution in [0.5, 0.6) is 0 Å². The minimum atomic E-state index is -1.73. The zero-order valence-corrected chi connectivity index (χ0v) is 9.22. The van der Waals surface area contributed by atoms with Gasteiger partial charge in [-0.2, -0.15) is 0 Å². The maximum atomic E-state index is 13.4. The Morgan fingerprint density at radius 1 is 1.53 bits per heavy atom. The van der Waals surface area contributed by atoms with Gasteiger partial charge >= 0.3 is 13.1 Å². The lowest BCUT2D eigenvalue weighted by molar-refractivity contribution is -0.142. The summed E-state index contributed by atoms with van der Waals surface area (Å²) in [6.07, 6.45) is -0.241. The highest BCUT2D eigenvalue weighted by atomic mass is 19.1. The van der Waals surface area contributed by atoms with E-state index in [1.165, 1.54) is 19.1 Å². The lowest BCUT2D eigenvalue weighted by atomic mass is 9.78. The van der Waals surface area contributed by atoms with Crippen molar-refractivity contribution in [2.24, 2.45) is 5.73 Å². The van der Waals surface area contributed by atoms with Crippen LogP contribution in [0.15, 0.2) is 18.2 Å². The van der Waals surface area contributed by atoms with Gasteiger partial charge in [0.1, 0.15) is 11.4 Å². The van der Waals surface area contributed by atoms with Crippen molar-refractivity contribution in [3.8, 4) is 0 Å². The summed E-state index contributed by atoms with van der Waals surface area (Å²) < 4.78 is 13.4. The third-order valence-corrected chi connectivity index (χ3v) is 2.41. The normalized spacial score (nSPS) is 14.2. The molecule has 92 valence electrons. The van der Waals surface area contributed by atoms with Crippen LogP contribution in [0.1, 0.15) is 12.5 Å². The Bertz CT molecular complexity index is 436. The summed E-state index contributed by atoms with van der Waals surface area (Å²) in [5, 5.41) is 26.7. The SMILES string of the molecule is C[C@@](N)(Cc1cc(B(O)O)ccc1F)C(=O)O. The van der Waals surface area contributed by atoms with E-state index in [1.807, 2.05) is 0 Å². The molecular weight excluding hydrogens is 228 g/mol. The first-order valence-electron chi connectivity index (χ1n) is 4.91. The summed E-state index contributed by atoms with van der Waals surface area (Å²) in [5.41, 5.74) is 4.00. The van der Waals surface area contributed by atoms with E-state index >= 15 is 0 Å². The standard InChI is InChI=1S/C10H13BFNO4/c1-10(13,9(14)15)5-6-4-7(11(16)17)2-3-8(6)12/h2-4,16-17H,5,13H2,1H3,(H,14,15)/t10-/m1/s1. The van der Waals surface area contributed by atoms with Crippen LogP contribution in [-0.2, 0) is 11.2 Å². The molecule has 0 aromatic heterocycles. The second-order valence-corrected chi connectivity index (χ2v) is 4.12. The Morgan fingerprint density at radius 3 is 2.59 bits per heavy atom. The van der Waals surface area contributed by atoms with Gasteiger partial charge in [0.25, 0.3) is 0 Å². The number of carboxylic acids is 1. The van der Waals surface area contributed by atoms with Crippen LogP contribution in [0.25, 0.3) is 0 Å². The molecule has 17 heavy (non-hydrogen) atoms. The van der Waals surface area contributed by atoms with Gasteiger partial charge in [0.2, 0.25) is 0 Å². The number of nitrogens with two attached hydrogens (primary N) is 1. The van der Waals surface area contributed by atoms with Gasteiger partial charge in [0, 0.05) is 6.42 Å². The first-order valence-corrected chi connectivity index (χ1v) is 4.91. The van der Waals surface area contributed by atoms with Crippen molar-refractivity contribution in [3.05, 3.63) is 29.6 Å². The highest BCUT2D eigenvalue weighted by molar-refractivity contribution is 6.58. The predicted molar refractivity (Wildman–Crippen MR) is 60.2 cm³/mol. The molecule has 7 heteroatoms. The average Bonchev–Trinajstić information content (AvgIpc) is 2.20. The van der Waals surface area contributed by atoms with E-state index in [9.17, 15) is 9.18 Å². The molecule has 0 saturated heterocycles. The molecule has 5 N–H and O–H groups in total. The summed E-state index contributed by atoms with van der Waals surface area (Å²) in [6.45, 7) is 1.26. The Balaban J connectivity index is 3.05. The van der Waals surface area contributed by atoms with Crippen LogP contribution in [0, 0.1) is 5.82 Å². The third-order valence-electron chi connectivity index (χ3n) is 2.41. The molecule has 1 atom stereocenters. The first-order chi connectivity index (χ1) is 7.74. The largest absolute Gasteiger partial charge is 0.488 e. The number of benzene rings is 1.